The summed E-state index contributed by atoms with van der Waals surface area (Å²) in [6.45, 7) is 8.96. The monoisotopic (exact) mass is 556 g/mol. The molecule has 6 aromatic carbocycles. The van der Waals surface area contributed by atoms with Gasteiger partial charge in [-0.2, -0.15) is 0 Å². The van der Waals surface area contributed by atoms with E-state index in [-0.39, 0.29) is 0 Å². The van der Waals surface area contributed by atoms with Gasteiger partial charge >= 0.3 is 0 Å². The van der Waals surface area contributed by atoms with Gasteiger partial charge in [0.25, 0.3) is 0 Å². The lowest BCUT2D eigenvalue weighted by atomic mass is 9.92. The number of hydrogen-bond donors (Lipinski definition) is 0. The molecule has 0 radical (unpaired) electrons. The molecule has 2 heterocycles. The molecular formula is C40H32N2O. The molecule has 8 aromatic rings. The molecule has 0 bridgehead atoms. The third-order valence-electron chi connectivity index (χ3n) is 8.86. The minimum Gasteiger partial charge on any atom is -0.456 e. The normalized spacial score (nSPS) is 12.1. The molecule has 0 saturated heterocycles. The zero-order chi connectivity index (χ0) is 29.2. The number of rotatable bonds is 4. The van der Waals surface area contributed by atoms with Crippen LogP contribution in [0.4, 0.5) is 0 Å². The highest BCUT2D eigenvalue weighted by atomic mass is 16.3. The van der Waals surface area contributed by atoms with E-state index < -0.39 is 0 Å². The fourth-order valence-electron chi connectivity index (χ4n) is 6.38. The fourth-order valence-corrected chi connectivity index (χ4v) is 6.38. The minimum absolute atomic E-state index is 0.427. The summed E-state index contributed by atoms with van der Waals surface area (Å²) in [5.74, 6) is 0.865. The molecular weight excluding hydrogens is 524 g/mol. The smallest absolute Gasteiger partial charge is 0.135 e. The summed E-state index contributed by atoms with van der Waals surface area (Å²) in [4.78, 5) is 10.4. The summed E-state index contributed by atoms with van der Waals surface area (Å²) in [5, 5.41) is 7.05. The van der Waals surface area contributed by atoms with E-state index >= 15 is 0 Å². The Labute approximate surface area is 250 Å². The lowest BCUT2D eigenvalue weighted by Crippen LogP contribution is -1.95. The van der Waals surface area contributed by atoms with E-state index in [9.17, 15) is 0 Å². The topological polar surface area (TPSA) is 38.9 Å². The maximum Gasteiger partial charge on any atom is 0.135 e. The number of nitrogens with zero attached hydrogens (tertiary/aromatic N) is 2. The van der Waals surface area contributed by atoms with Crippen LogP contribution in [0.5, 0.6) is 0 Å². The first kappa shape index (κ1) is 25.7. The Bertz CT molecular complexity index is 2360. The van der Waals surface area contributed by atoms with Crippen LogP contribution in [-0.2, 0) is 0 Å². The Morgan fingerprint density at radius 3 is 1.88 bits per heavy atom. The number of benzene rings is 6. The molecule has 0 aliphatic carbocycles. The molecule has 8 rings (SSSR count). The summed E-state index contributed by atoms with van der Waals surface area (Å²) in [7, 11) is 0. The second-order valence-electron chi connectivity index (χ2n) is 12.3. The van der Waals surface area contributed by atoms with E-state index in [0.717, 1.165) is 60.7 Å². The Kier molecular flexibility index (Phi) is 5.84. The maximum atomic E-state index is 6.07. The molecule has 0 saturated carbocycles. The van der Waals surface area contributed by atoms with Crippen LogP contribution >= 0.6 is 0 Å². The van der Waals surface area contributed by atoms with Crippen molar-refractivity contribution in [3.05, 3.63) is 120 Å². The Hall–Kier alpha value is -5.02. The number of furan rings is 1. The molecule has 3 heteroatoms. The van der Waals surface area contributed by atoms with Crippen molar-refractivity contribution in [3.8, 4) is 22.4 Å². The molecule has 0 aliphatic heterocycles. The van der Waals surface area contributed by atoms with Crippen molar-refractivity contribution in [1.29, 1.82) is 0 Å². The maximum absolute atomic E-state index is 6.07. The summed E-state index contributed by atoms with van der Waals surface area (Å²) in [6.07, 6.45) is 1.94. The van der Waals surface area contributed by atoms with E-state index in [1.165, 1.54) is 27.3 Å². The quantitative estimate of drug-likeness (QED) is 0.202. The van der Waals surface area contributed by atoms with Crippen LogP contribution in [0.2, 0.25) is 0 Å². The van der Waals surface area contributed by atoms with Crippen molar-refractivity contribution >= 4 is 54.5 Å². The molecule has 2 aromatic heterocycles. The van der Waals surface area contributed by atoms with Gasteiger partial charge in [-0.25, -0.2) is 4.98 Å². The van der Waals surface area contributed by atoms with Gasteiger partial charge in [0, 0.05) is 27.1 Å². The Morgan fingerprint density at radius 1 is 0.488 bits per heavy atom. The van der Waals surface area contributed by atoms with Gasteiger partial charge < -0.3 is 4.42 Å². The van der Waals surface area contributed by atoms with Crippen molar-refractivity contribution in [2.24, 2.45) is 0 Å². The molecule has 0 amide bonds. The number of aromatic nitrogens is 2. The van der Waals surface area contributed by atoms with E-state index in [1.807, 2.05) is 18.3 Å². The van der Waals surface area contributed by atoms with Gasteiger partial charge in [0.05, 0.1) is 22.9 Å². The van der Waals surface area contributed by atoms with E-state index in [0.29, 0.717) is 11.8 Å². The first-order valence-electron chi connectivity index (χ1n) is 15.1. The van der Waals surface area contributed by atoms with Crippen molar-refractivity contribution in [3.63, 3.8) is 0 Å². The average Bonchev–Trinajstić information content (AvgIpc) is 3.42. The van der Waals surface area contributed by atoms with Gasteiger partial charge in [-0.1, -0.05) is 94.4 Å². The van der Waals surface area contributed by atoms with Crippen molar-refractivity contribution in [2.45, 2.75) is 39.5 Å². The molecule has 0 N–H and O–H groups in total. The van der Waals surface area contributed by atoms with Gasteiger partial charge in [-0.3, -0.25) is 4.98 Å². The highest BCUT2D eigenvalue weighted by Gasteiger charge is 2.16. The number of fused-ring (bicyclic) bond motifs is 9. The van der Waals surface area contributed by atoms with Crippen LogP contribution in [0.3, 0.4) is 0 Å². The first-order chi connectivity index (χ1) is 20.9. The third-order valence-corrected chi connectivity index (χ3v) is 8.86. The van der Waals surface area contributed by atoms with Gasteiger partial charge in [-0.15, -0.1) is 0 Å². The lowest BCUT2D eigenvalue weighted by Gasteiger charge is -2.15. The zero-order valence-corrected chi connectivity index (χ0v) is 24.8. The molecule has 3 nitrogen and oxygen atoms in total. The van der Waals surface area contributed by atoms with Crippen LogP contribution < -0.4 is 0 Å². The van der Waals surface area contributed by atoms with Gasteiger partial charge in [0.1, 0.15) is 11.2 Å². The highest BCUT2D eigenvalue weighted by molar-refractivity contribution is 6.23. The minimum atomic E-state index is 0.427. The second kappa shape index (κ2) is 9.78. The molecule has 0 unspecified atom stereocenters. The lowest BCUT2D eigenvalue weighted by molar-refractivity contribution is 0.669. The molecule has 0 spiro atoms. The summed E-state index contributed by atoms with van der Waals surface area (Å²) in [6, 6.07) is 36.9. The predicted molar refractivity (Wildman–Crippen MR) is 181 cm³/mol. The summed E-state index contributed by atoms with van der Waals surface area (Å²) < 4.78 is 6.07. The molecule has 0 atom stereocenters. The van der Waals surface area contributed by atoms with E-state index in [1.54, 1.807) is 0 Å². The largest absolute Gasteiger partial charge is 0.456 e. The van der Waals surface area contributed by atoms with Crippen LogP contribution in [0.15, 0.2) is 114 Å². The van der Waals surface area contributed by atoms with Crippen molar-refractivity contribution in [1.82, 2.24) is 9.97 Å². The number of para-hydroxylation sites is 1. The second-order valence-corrected chi connectivity index (χ2v) is 12.3. The standard InChI is InChI=1S/C40H32N2O/c1-23(2)25-12-15-30-31-16-13-26(24(3)4)20-35(31)40-39(34(30)19-25)41-22-36(42-40)29-9-7-8-27(18-29)28-14-17-38-33(21-28)32-10-5-6-11-37(32)43-38/h5-24H,1-4H3. The molecule has 208 valence electrons. The van der Waals surface area contributed by atoms with Gasteiger partial charge in [0.15, 0.2) is 0 Å². The fraction of sp³-hybridized carbons (Fsp3) is 0.150. The zero-order valence-electron chi connectivity index (χ0n) is 24.8. The SMILES string of the molecule is CC(C)c1ccc2c3ccc(C(C)C)cc3c3nc(-c4cccc(-c5ccc6oc7ccccc7c6c5)c4)cnc3c2c1. The van der Waals surface area contributed by atoms with Crippen LogP contribution in [0, 0.1) is 0 Å². The Balaban J connectivity index is 1.32. The molecule has 0 aliphatic rings. The van der Waals surface area contributed by atoms with E-state index in [4.69, 9.17) is 14.4 Å². The summed E-state index contributed by atoms with van der Waals surface area (Å²) >= 11 is 0. The summed E-state index contributed by atoms with van der Waals surface area (Å²) in [5.41, 5.74) is 10.6. The number of hydrogen-bond acceptors (Lipinski definition) is 3. The van der Waals surface area contributed by atoms with Crippen LogP contribution in [0.25, 0.3) is 76.9 Å². The van der Waals surface area contributed by atoms with Gasteiger partial charge in [-0.05, 0) is 81.3 Å². The van der Waals surface area contributed by atoms with Crippen molar-refractivity contribution in [2.75, 3.05) is 0 Å². The van der Waals surface area contributed by atoms with Crippen LogP contribution in [-0.4, -0.2) is 9.97 Å². The van der Waals surface area contributed by atoms with Crippen LogP contribution in [0.1, 0.15) is 50.7 Å². The van der Waals surface area contributed by atoms with Gasteiger partial charge in [0.2, 0.25) is 0 Å². The van der Waals surface area contributed by atoms with Crippen molar-refractivity contribution < 1.29 is 4.42 Å². The molecule has 43 heavy (non-hydrogen) atoms. The predicted octanol–water partition coefficient (Wildman–Crippen LogP) is 11.4. The first-order valence-corrected chi connectivity index (χ1v) is 15.1. The van der Waals surface area contributed by atoms with E-state index in [2.05, 4.69) is 119 Å². The average molecular weight is 557 g/mol. The Morgan fingerprint density at radius 2 is 1.14 bits per heavy atom. The highest BCUT2D eigenvalue weighted by Crippen LogP contribution is 2.38. The third kappa shape index (κ3) is 4.19. The molecule has 0 fully saturated rings.